The molecule has 0 bridgehead atoms. The lowest BCUT2D eigenvalue weighted by molar-refractivity contribution is 0.104. The van der Waals surface area contributed by atoms with Gasteiger partial charge < -0.3 is 0 Å². The van der Waals surface area contributed by atoms with Gasteiger partial charge in [0.2, 0.25) is 10.0 Å². The topological polar surface area (TPSA) is 63.2 Å². The minimum Gasteiger partial charge on any atom is -0.289 e. The van der Waals surface area contributed by atoms with Crippen LogP contribution >= 0.6 is 0 Å². The zero-order chi connectivity index (χ0) is 12.9. The van der Waals surface area contributed by atoms with E-state index < -0.39 is 10.0 Å². The lowest BCUT2D eigenvalue weighted by Gasteiger charge is -2.07. The van der Waals surface area contributed by atoms with E-state index in [-0.39, 0.29) is 11.5 Å². The molecule has 92 valence electrons. The van der Waals surface area contributed by atoms with Crippen LogP contribution in [0.1, 0.15) is 23.7 Å². The van der Waals surface area contributed by atoms with Gasteiger partial charge in [0, 0.05) is 11.3 Å². The number of benzene rings is 1. The molecule has 0 fully saturated rings. The van der Waals surface area contributed by atoms with Crippen molar-refractivity contribution in [3.63, 3.8) is 0 Å². The zero-order valence-corrected chi connectivity index (χ0v) is 10.5. The molecule has 0 heterocycles. The standard InChI is InChI=1S/C12H15NO3S/c1-3-9-17(15,16)13-11-7-5-10(6-8-11)12(14)4-2/h4-8,13H,2-3,9H2,1H3. The number of hydrogen-bond donors (Lipinski definition) is 1. The molecule has 0 radical (unpaired) electrons. The van der Waals surface area contributed by atoms with Gasteiger partial charge in [-0.2, -0.15) is 0 Å². The quantitative estimate of drug-likeness (QED) is 0.624. The molecule has 1 N–H and O–H groups in total. The van der Waals surface area contributed by atoms with Crippen molar-refractivity contribution in [1.29, 1.82) is 0 Å². The largest absolute Gasteiger partial charge is 0.289 e. The predicted molar refractivity (Wildman–Crippen MR) is 68.7 cm³/mol. The molecule has 0 aliphatic heterocycles. The second-order valence-corrected chi connectivity index (χ2v) is 5.41. The van der Waals surface area contributed by atoms with Crippen LogP contribution in [0.3, 0.4) is 0 Å². The Labute approximate surface area is 101 Å². The zero-order valence-electron chi connectivity index (χ0n) is 9.64. The summed E-state index contributed by atoms with van der Waals surface area (Å²) in [5.74, 6) is -0.103. The Hall–Kier alpha value is -1.62. The summed E-state index contributed by atoms with van der Waals surface area (Å²) in [7, 11) is -3.28. The van der Waals surface area contributed by atoms with Crippen molar-refractivity contribution in [2.75, 3.05) is 10.5 Å². The number of sulfonamides is 1. The molecule has 0 aromatic heterocycles. The molecule has 0 spiro atoms. The highest BCUT2D eigenvalue weighted by molar-refractivity contribution is 7.92. The molecule has 17 heavy (non-hydrogen) atoms. The van der Waals surface area contributed by atoms with Crippen LogP contribution < -0.4 is 4.72 Å². The third-order valence-electron chi connectivity index (χ3n) is 2.10. The minimum atomic E-state index is -3.28. The van der Waals surface area contributed by atoms with Gasteiger partial charge in [-0.05, 0) is 36.8 Å². The number of ketones is 1. The highest BCUT2D eigenvalue weighted by Gasteiger charge is 2.08. The number of nitrogens with one attached hydrogen (secondary N) is 1. The Kier molecular flexibility index (Phi) is 4.45. The molecular weight excluding hydrogens is 238 g/mol. The Morgan fingerprint density at radius 3 is 2.41 bits per heavy atom. The van der Waals surface area contributed by atoms with Crippen LogP contribution in [0.5, 0.6) is 0 Å². The molecule has 1 aromatic carbocycles. The molecule has 0 unspecified atom stereocenters. The fourth-order valence-electron chi connectivity index (χ4n) is 1.32. The van der Waals surface area contributed by atoms with Gasteiger partial charge in [-0.1, -0.05) is 13.5 Å². The van der Waals surface area contributed by atoms with Crippen molar-refractivity contribution in [3.05, 3.63) is 42.5 Å². The third kappa shape index (κ3) is 4.03. The number of hydrogen-bond acceptors (Lipinski definition) is 3. The first-order chi connectivity index (χ1) is 7.98. The Morgan fingerprint density at radius 1 is 1.35 bits per heavy atom. The fraction of sp³-hybridized carbons (Fsp3) is 0.250. The van der Waals surface area contributed by atoms with E-state index in [0.29, 0.717) is 17.7 Å². The molecule has 5 heteroatoms. The third-order valence-corrected chi connectivity index (χ3v) is 3.59. The van der Waals surface area contributed by atoms with Gasteiger partial charge in [-0.15, -0.1) is 0 Å². The summed E-state index contributed by atoms with van der Waals surface area (Å²) >= 11 is 0. The molecule has 0 aliphatic rings. The summed E-state index contributed by atoms with van der Waals surface area (Å²) in [5, 5.41) is 0. The maximum atomic E-state index is 11.5. The highest BCUT2D eigenvalue weighted by atomic mass is 32.2. The summed E-state index contributed by atoms with van der Waals surface area (Å²) < 4.78 is 25.4. The molecule has 0 aliphatic carbocycles. The number of carbonyl (C=O) groups excluding carboxylic acids is 1. The van der Waals surface area contributed by atoms with Gasteiger partial charge in [0.15, 0.2) is 5.78 Å². The summed E-state index contributed by atoms with van der Waals surface area (Å²) in [6.07, 6.45) is 1.78. The van der Waals surface area contributed by atoms with Gasteiger partial charge in [0.25, 0.3) is 0 Å². The van der Waals surface area contributed by atoms with Crippen LogP contribution in [0, 0.1) is 0 Å². The van der Waals surface area contributed by atoms with E-state index >= 15 is 0 Å². The van der Waals surface area contributed by atoms with E-state index in [1.165, 1.54) is 6.08 Å². The highest BCUT2D eigenvalue weighted by Crippen LogP contribution is 2.12. The summed E-state index contributed by atoms with van der Waals surface area (Å²) in [4.78, 5) is 11.3. The van der Waals surface area contributed by atoms with Gasteiger partial charge in [-0.3, -0.25) is 9.52 Å². The number of anilines is 1. The van der Waals surface area contributed by atoms with Gasteiger partial charge in [0.05, 0.1) is 5.75 Å². The van der Waals surface area contributed by atoms with Crippen LogP contribution in [0.2, 0.25) is 0 Å². The lowest BCUT2D eigenvalue weighted by Crippen LogP contribution is -2.16. The average Bonchev–Trinajstić information content (AvgIpc) is 2.28. The first-order valence-electron chi connectivity index (χ1n) is 5.26. The molecule has 0 saturated heterocycles. The van der Waals surface area contributed by atoms with E-state index in [0.717, 1.165) is 0 Å². The van der Waals surface area contributed by atoms with Crippen molar-refractivity contribution < 1.29 is 13.2 Å². The van der Waals surface area contributed by atoms with Crippen LogP contribution in [0.15, 0.2) is 36.9 Å². The Morgan fingerprint density at radius 2 is 1.94 bits per heavy atom. The van der Waals surface area contributed by atoms with Crippen molar-refractivity contribution in [1.82, 2.24) is 0 Å². The minimum absolute atomic E-state index is 0.0837. The molecule has 0 saturated carbocycles. The first kappa shape index (κ1) is 13.4. The maximum absolute atomic E-state index is 11.5. The Balaban J connectivity index is 2.82. The van der Waals surface area contributed by atoms with Crippen LogP contribution in [-0.2, 0) is 10.0 Å². The monoisotopic (exact) mass is 253 g/mol. The first-order valence-corrected chi connectivity index (χ1v) is 6.91. The number of allylic oxidation sites excluding steroid dienone is 1. The fourth-order valence-corrected chi connectivity index (χ4v) is 2.45. The molecule has 0 atom stereocenters. The van der Waals surface area contributed by atoms with E-state index in [1.54, 1.807) is 31.2 Å². The van der Waals surface area contributed by atoms with E-state index in [4.69, 9.17) is 0 Å². The maximum Gasteiger partial charge on any atom is 0.232 e. The van der Waals surface area contributed by atoms with E-state index in [2.05, 4.69) is 11.3 Å². The lowest BCUT2D eigenvalue weighted by atomic mass is 10.1. The molecule has 4 nitrogen and oxygen atoms in total. The average molecular weight is 253 g/mol. The second-order valence-electron chi connectivity index (χ2n) is 3.57. The summed E-state index contributed by atoms with van der Waals surface area (Å²) in [6.45, 7) is 5.18. The molecule has 1 aromatic rings. The summed E-state index contributed by atoms with van der Waals surface area (Å²) in [5.41, 5.74) is 0.942. The van der Waals surface area contributed by atoms with Crippen molar-refractivity contribution in [2.24, 2.45) is 0 Å². The number of rotatable bonds is 6. The van der Waals surface area contributed by atoms with Crippen LogP contribution in [-0.4, -0.2) is 20.0 Å². The predicted octanol–water partition coefficient (Wildman–Crippen LogP) is 2.21. The van der Waals surface area contributed by atoms with E-state index in [9.17, 15) is 13.2 Å². The normalized spacial score (nSPS) is 10.9. The molecule has 1 rings (SSSR count). The second kappa shape index (κ2) is 5.63. The van der Waals surface area contributed by atoms with Crippen molar-refractivity contribution in [3.8, 4) is 0 Å². The van der Waals surface area contributed by atoms with Gasteiger partial charge in [0.1, 0.15) is 0 Å². The van der Waals surface area contributed by atoms with Gasteiger partial charge >= 0.3 is 0 Å². The smallest absolute Gasteiger partial charge is 0.232 e. The van der Waals surface area contributed by atoms with Gasteiger partial charge in [-0.25, -0.2) is 8.42 Å². The molecule has 0 amide bonds. The van der Waals surface area contributed by atoms with Crippen LogP contribution in [0.4, 0.5) is 5.69 Å². The van der Waals surface area contributed by atoms with Crippen molar-refractivity contribution in [2.45, 2.75) is 13.3 Å². The molecular formula is C12H15NO3S. The Bertz CT molecular complexity index is 503. The SMILES string of the molecule is C=CC(=O)c1ccc(NS(=O)(=O)CCC)cc1. The van der Waals surface area contributed by atoms with E-state index in [1.807, 2.05) is 0 Å². The van der Waals surface area contributed by atoms with Crippen LogP contribution in [0.25, 0.3) is 0 Å². The number of carbonyl (C=O) groups is 1. The van der Waals surface area contributed by atoms with Crippen molar-refractivity contribution >= 4 is 21.5 Å². The summed E-state index contributed by atoms with van der Waals surface area (Å²) in [6, 6.07) is 6.25.